The summed E-state index contributed by atoms with van der Waals surface area (Å²) >= 11 is 0. The molecule has 0 saturated heterocycles. The summed E-state index contributed by atoms with van der Waals surface area (Å²) in [7, 11) is 0. The molecule has 54 valence electrons. The molecule has 2 nitrogen and oxygen atoms in total. The standard InChI is InChI=1S/C8H11NO/c1-6(9)7-4-2-3-5-8(7)10/h2-6,10H,9H2,1H3/t6-/m1/s1. The number of aromatic hydroxyl groups is 1. The fourth-order valence-corrected chi connectivity index (χ4v) is 0.873. The van der Waals surface area contributed by atoms with Crippen molar-refractivity contribution in [3.63, 3.8) is 0 Å². The summed E-state index contributed by atoms with van der Waals surface area (Å²) < 4.78 is 0. The number of hydrogen-bond acceptors (Lipinski definition) is 2. The Morgan fingerprint density at radius 2 is 2.00 bits per heavy atom. The summed E-state index contributed by atoms with van der Waals surface area (Å²) in [4.78, 5) is 0. The number of phenols is 1. The van der Waals surface area contributed by atoms with Gasteiger partial charge in [0, 0.05) is 11.6 Å². The number of hydrogen-bond donors (Lipinski definition) is 2. The zero-order chi connectivity index (χ0) is 7.56. The van der Waals surface area contributed by atoms with E-state index in [2.05, 4.69) is 0 Å². The predicted octanol–water partition coefficient (Wildman–Crippen LogP) is 1.41. The summed E-state index contributed by atoms with van der Waals surface area (Å²) in [6.07, 6.45) is 0. The van der Waals surface area contributed by atoms with Gasteiger partial charge in [-0.2, -0.15) is 0 Å². The van der Waals surface area contributed by atoms with Gasteiger partial charge in [0.1, 0.15) is 5.75 Å². The van der Waals surface area contributed by atoms with Crippen LogP contribution in [0.1, 0.15) is 18.5 Å². The van der Waals surface area contributed by atoms with E-state index in [1.165, 1.54) is 0 Å². The number of nitrogens with two attached hydrogens (primary N) is 1. The van der Waals surface area contributed by atoms with E-state index in [4.69, 9.17) is 5.73 Å². The molecule has 0 aliphatic rings. The topological polar surface area (TPSA) is 46.2 Å². The fraction of sp³-hybridized carbons (Fsp3) is 0.250. The highest BCUT2D eigenvalue weighted by atomic mass is 16.3. The van der Waals surface area contributed by atoms with E-state index in [1.54, 1.807) is 12.1 Å². The zero-order valence-corrected chi connectivity index (χ0v) is 5.91. The third kappa shape index (κ3) is 1.28. The number of phenolic OH excluding ortho intramolecular Hbond substituents is 1. The molecule has 0 aliphatic carbocycles. The number of benzene rings is 1. The van der Waals surface area contributed by atoms with Crippen molar-refractivity contribution in [2.45, 2.75) is 13.0 Å². The van der Waals surface area contributed by atoms with Gasteiger partial charge in [-0.15, -0.1) is 0 Å². The van der Waals surface area contributed by atoms with Crippen LogP contribution in [-0.2, 0) is 0 Å². The predicted molar refractivity (Wildman–Crippen MR) is 40.7 cm³/mol. The molecule has 1 aromatic rings. The van der Waals surface area contributed by atoms with Crippen LogP contribution in [0.4, 0.5) is 0 Å². The van der Waals surface area contributed by atoms with Crippen molar-refractivity contribution < 1.29 is 5.11 Å². The van der Waals surface area contributed by atoms with Gasteiger partial charge in [0.05, 0.1) is 0 Å². The molecule has 0 heterocycles. The highest BCUT2D eigenvalue weighted by molar-refractivity contribution is 5.33. The first-order chi connectivity index (χ1) is 4.72. The third-order valence-corrected chi connectivity index (χ3v) is 1.43. The highest BCUT2D eigenvalue weighted by Gasteiger charge is 2.02. The van der Waals surface area contributed by atoms with E-state index >= 15 is 0 Å². The molecule has 1 aromatic carbocycles. The van der Waals surface area contributed by atoms with Crippen LogP contribution in [0.3, 0.4) is 0 Å². The minimum Gasteiger partial charge on any atom is -0.508 e. The van der Waals surface area contributed by atoms with E-state index in [0.717, 1.165) is 5.56 Å². The lowest BCUT2D eigenvalue weighted by Gasteiger charge is -2.06. The van der Waals surface area contributed by atoms with Gasteiger partial charge in [-0.1, -0.05) is 18.2 Å². The SMILES string of the molecule is C[C@@H](N)c1ccccc1O. The second-order valence-electron chi connectivity index (χ2n) is 2.35. The number of para-hydroxylation sites is 1. The summed E-state index contributed by atoms with van der Waals surface area (Å²) in [6, 6.07) is 7.00. The lowest BCUT2D eigenvalue weighted by atomic mass is 10.1. The first-order valence-corrected chi connectivity index (χ1v) is 3.25. The van der Waals surface area contributed by atoms with E-state index in [1.807, 2.05) is 19.1 Å². The second kappa shape index (κ2) is 2.71. The Balaban J connectivity index is 3.03. The Kier molecular flexibility index (Phi) is 1.92. The highest BCUT2D eigenvalue weighted by Crippen LogP contribution is 2.20. The average molecular weight is 137 g/mol. The molecule has 0 saturated carbocycles. The minimum absolute atomic E-state index is 0.0961. The summed E-state index contributed by atoms with van der Waals surface area (Å²) in [5, 5.41) is 9.20. The van der Waals surface area contributed by atoms with Gasteiger partial charge in [-0.05, 0) is 13.0 Å². The lowest BCUT2D eigenvalue weighted by molar-refractivity contribution is 0.464. The number of rotatable bonds is 1. The molecule has 0 amide bonds. The van der Waals surface area contributed by atoms with Crippen molar-refractivity contribution in [3.8, 4) is 5.75 Å². The minimum atomic E-state index is -0.0961. The summed E-state index contributed by atoms with van der Waals surface area (Å²) in [5.41, 5.74) is 6.35. The first-order valence-electron chi connectivity index (χ1n) is 3.25. The molecule has 0 spiro atoms. The van der Waals surface area contributed by atoms with Crippen LogP contribution in [-0.4, -0.2) is 5.11 Å². The van der Waals surface area contributed by atoms with E-state index in [-0.39, 0.29) is 11.8 Å². The van der Waals surface area contributed by atoms with E-state index in [9.17, 15) is 5.11 Å². The third-order valence-electron chi connectivity index (χ3n) is 1.43. The van der Waals surface area contributed by atoms with Crippen molar-refractivity contribution in [2.24, 2.45) is 5.73 Å². The molecule has 2 heteroatoms. The summed E-state index contributed by atoms with van der Waals surface area (Å²) in [5.74, 6) is 0.275. The molecule has 0 fully saturated rings. The Hall–Kier alpha value is -1.02. The van der Waals surface area contributed by atoms with Crippen LogP contribution in [0.5, 0.6) is 5.75 Å². The lowest BCUT2D eigenvalue weighted by Crippen LogP contribution is -2.04. The van der Waals surface area contributed by atoms with Gasteiger partial charge in [0.2, 0.25) is 0 Å². The van der Waals surface area contributed by atoms with Crippen molar-refractivity contribution in [1.82, 2.24) is 0 Å². The van der Waals surface area contributed by atoms with Gasteiger partial charge in [-0.25, -0.2) is 0 Å². The van der Waals surface area contributed by atoms with Crippen LogP contribution in [0.15, 0.2) is 24.3 Å². The molecular formula is C8H11NO. The molecule has 1 rings (SSSR count). The molecule has 3 N–H and O–H groups in total. The normalized spacial score (nSPS) is 13.0. The molecule has 0 bridgehead atoms. The monoisotopic (exact) mass is 137 g/mol. The molecule has 0 aliphatic heterocycles. The smallest absolute Gasteiger partial charge is 0.120 e. The largest absolute Gasteiger partial charge is 0.508 e. The van der Waals surface area contributed by atoms with Crippen LogP contribution in [0.25, 0.3) is 0 Å². The van der Waals surface area contributed by atoms with Crippen molar-refractivity contribution in [2.75, 3.05) is 0 Å². The Labute approximate surface area is 60.3 Å². The van der Waals surface area contributed by atoms with Gasteiger partial charge in [0.25, 0.3) is 0 Å². The maximum absolute atomic E-state index is 9.20. The first kappa shape index (κ1) is 7.09. The molecular weight excluding hydrogens is 126 g/mol. The molecule has 0 unspecified atom stereocenters. The molecule has 0 aromatic heterocycles. The van der Waals surface area contributed by atoms with Crippen LogP contribution < -0.4 is 5.73 Å². The van der Waals surface area contributed by atoms with Gasteiger partial charge in [0.15, 0.2) is 0 Å². The molecule has 10 heavy (non-hydrogen) atoms. The van der Waals surface area contributed by atoms with E-state index in [0.29, 0.717) is 0 Å². The zero-order valence-electron chi connectivity index (χ0n) is 5.91. The van der Waals surface area contributed by atoms with Gasteiger partial charge < -0.3 is 10.8 Å². The fourth-order valence-electron chi connectivity index (χ4n) is 0.873. The Morgan fingerprint density at radius 3 is 2.40 bits per heavy atom. The van der Waals surface area contributed by atoms with Gasteiger partial charge in [-0.3, -0.25) is 0 Å². The van der Waals surface area contributed by atoms with Crippen LogP contribution in [0, 0.1) is 0 Å². The average Bonchev–Trinajstić information content (AvgIpc) is 1.88. The Bertz CT molecular complexity index is 220. The van der Waals surface area contributed by atoms with Crippen LogP contribution in [0.2, 0.25) is 0 Å². The maximum atomic E-state index is 9.20. The van der Waals surface area contributed by atoms with Crippen molar-refractivity contribution in [1.29, 1.82) is 0 Å². The second-order valence-corrected chi connectivity index (χ2v) is 2.35. The Morgan fingerprint density at radius 1 is 1.40 bits per heavy atom. The van der Waals surface area contributed by atoms with Gasteiger partial charge >= 0.3 is 0 Å². The maximum Gasteiger partial charge on any atom is 0.120 e. The summed E-state index contributed by atoms with van der Waals surface area (Å²) in [6.45, 7) is 1.84. The van der Waals surface area contributed by atoms with Crippen molar-refractivity contribution >= 4 is 0 Å². The molecule has 0 radical (unpaired) electrons. The van der Waals surface area contributed by atoms with Crippen LogP contribution >= 0.6 is 0 Å². The molecule has 1 atom stereocenters. The quantitative estimate of drug-likeness (QED) is 0.614. The van der Waals surface area contributed by atoms with Crippen molar-refractivity contribution in [3.05, 3.63) is 29.8 Å². The van der Waals surface area contributed by atoms with E-state index < -0.39 is 0 Å².